The predicted molar refractivity (Wildman–Crippen MR) is 182 cm³/mol. The van der Waals surface area contributed by atoms with E-state index in [1.807, 2.05) is 24.4 Å². The molecule has 4 rings (SSSR count). The van der Waals surface area contributed by atoms with E-state index in [1.54, 1.807) is 3.97 Å². The number of aromatic nitrogens is 4. The number of carboxylic acid groups (broad SMARTS) is 1. The largest absolute Gasteiger partial charge is 0.494 e. The smallest absolute Gasteiger partial charge is 0.389 e. The number of aliphatic carboxylic acids is 1. The normalized spacial score (nSPS) is 11.9. The van der Waals surface area contributed by atoms with E-state index in [9.17, 15) is 18.0 Å². The third-order valence-corrected chi connectivity index (χ3v) is 9.15. The molecule has 46 heavy (non-hydrogen) atoms. The summed E-state index contributed by atoms with van der Waals surface area (Å²) in [6, 6.07) is 7.89. The quantitative estimate of drug-likeness (QED) is 0.0561. The van der Waals surface area contributed by atoms with Crippen LogP contribution in [0.25, 0.3) is 21.4 Å². The summed E-state index contributed by atoms with van der Waals surface area (Å²) in [5.74, 6) is 0.610. The Balaban J connectivity index is 1.18. The minimum absolute atomic E-state index is 0.222. The Morgan fingerprint density at radius 1 is 0.891 bits per heavy atom. The van der Waals surface area contributed by atoms with Gasteiger partial charge in [-0.1, -0.05) is 88.4 Å². The zero-order valence-electron chi connectivity index (χ0n) is 26.2. The average molecular weight is 680 g/mol. The molecular formula is C33H44F3N5O3S2. The lowest BCUT2D eigenvalue weighted by Gasteiger charge is -2.07. The van der Waals surface area contributed by atoms with Gasteiger partial charge in [0, 0.05) is 19.0 Å². The van der Waals surface area contributed by atoms with E-state index in [1.165, 1.54) is 11.3 Å². The highest BCUT2D eigenvalue weighted by molar-refractivity contribution is 7.78. The number of aryl methyl sites for hydroxylation is 1. The number of halogens is 3. The van der Waals surface area contributed by atoms with Gasteiger partial charge in [-0.05, 0) is 61.9 Å². The van der Waals surface area contributed by atoms with E-state index in [0.29, 0.717) is 29.8 Å². The molecule has 0 saturated carbocycles. The van der Waals surface area contributed by atoms with Crippen LogP contribution in [0.15, 0.2) is 30.5 Å². The van der Waals surface area contributed by atoms with Crippen molar-refractivity contribution in [3.63, 3.8) is 0 Å². The number of anilines is 2. The molecule has 8 nitrogen and oxygen atoms in total. The van der Waals surface area contributed by atoms with Gasteiger partial charge in [-0.3, -0.25) is 4.79 Å². The number of unbranched alkanes of at least 4 members (excludes halogenated alkanes) is 12. The van der Waals surface area contributed by atoms with Crippen LogP contribution in [0, 0.1) is 0 Å². The molecular weight excluding hydrogens is 636 g/mol. The summed E-state index contributed by atoms with van der Waals surface area (Å²) in [4.78, 5) is 24.6. The number of alkyl halides is 3. The summed E-state index contributed by atoms with van der Waals surface area (Å²) in [6.07, 6.45) is 11.3. The number of fused-ring (bicyclic) bond motifs is 2. The van der Waals surface area contributed by atoms with Crippen LogP contribution in [0.4, 0.5) is 24.3 Å². The molecule has 3 aromatic heterocycles. The first-order valence-corrected chi connectivity index (χ1v) is 17.6. The lowest BCUT2D eigenvalue weighted by Crippen LogP contribution is -2.06. The van der Waals surface area contributed by atoms with Gasteiger partial charge in [0.1, 0.15) is 11.3 Å². The maximum absolute atomic E-state index is 12.2. The van der Waals surface area contributed by atoms with Gasteiger partial charge >= 0.3 is 12.1 Å². The van der Waals surface area contributed by atoms with E-state index in [-0.39, 0.29) is 12.8 Å². The summed E-state index contributed by atoms with van der Waals surface area (Å²) >= 11 is 6.11. The molecule has 0 aliphatic rings. The number of ether oxygens (including phenoxy) is 1. The van der Waals surface area contributed by atoms with Gasteiger partial charge in [0.2, 0.25) is 5.95 Å². The van der Waals surface area contributed by atoms with Gasteiger partial charge in [0.15, 0.2) is 10.8 Å². The van der Waals surface area contributed by atoms with Gasteiger partial charge in [0.05, 0.1) is 16.8 Å². The first-order valence-electron chi connectivity index (χ1n) is 16.3. The number of nitrogens with zero attached hydrogens (tertiary/aromatic N) is 4. The number of thiol groups is 1. The molecule has 252 valence electrons. The highest BCUT2D eigenvalue weighted by Gasteiger charge is 2.25. The molecule has 1 aromatic carbocycles. The van der Waals surface area contributed by atoms with Crippen LogP contribution in [0.5, 0.6) is 5.75 Å². The van der Waals surface area contributed by atoms with Crippen molar-refractivity contribution in [2.24, 2.45) is 0 Å². The van der Waals surface area contributed by atoms with Crippen molar-refractivity contribution in [3.05, 3.63) is 36.0 Å². The number of imidazole rings is 1. The van der Waals surface area contributed by atoms with Gasteiger partial charge in [-0.2, -0.15) is 13.2 Å². The highest BCUT2D eigenvalue weighted by Crippen LogP contribution is 2.32. The number of nitrogens with one attached hydrogen (secondary N) is 1. The Morgan fingerprint density at radius 2 is 1.57 bits per heavy atom. The maximum Gasteiger partial charge on any atom is 0.389 e. The molecule has 3 heterocycles. The molecule has 2 N–H and O–H groups in total. The van der Waals surface area contributed by atoms with Crippen molar-refractivity contribution in [3.8, 4) is 5.75 Å². The Bertz CT molecular complexity index is 1530. The molecule has 0 radical (unpaired) electrons. The lowest BCUT2D eigenvalue weighted by molar-refractivity contribution is -0.137. The summed E-state index contributed by atoms with van der Waals surface area (Å²) in [6.45, 7) is 0.596. The Kier molecular flexibility index (Phi) is 14.3. The third kappa shape index (κ3) is 12.3. The second-order valence-electron chi connectivity index (χ2n) is 11.8. The highest BCUT2D eigenvalue weighted by atomic mass is 32.1. The molecule has 0 fully saturated rings. The van der Waals surface area contributed by atoms with Crippen molar-refractivity contribution in [2.75, 3.05) is 11.9 Å². The first kappa shape index (κ1) is 35.8. The van der Waals surface area contributed by atoms with Gasteiger partial charge < -0.3 is 15.2 Å². The molecule has 13 heteroatoms. The monoisotopic (exact) mass is 679 g/mol. The fourth-order valence-corrected chi connectivity index (χ4v) is 6.48. The van der Waals surface area contributed by atoms with Crippen LogP contribution < -0.4 is 10.1 Å². The number of benzene rings is 1. The summed E-state index contributed by atoms with van der Waals surface area (Å²) in [7, 11) is 0. The Labute approximate surface area is 277 Å². The number of carboxylic acids is 1. The van der Waals surface area contributed by atoms with E-state index < -0.39 is 18.6 Å². The third-order valence-electron chi connectivity index (χ3n) is 7.84. The average Bonchev–Trinajstić information content (AvgIpc) is 3.55. The van der Waals surface area contributed by atoms with Gasteiger partial charge in [-0.15, -0.1) is 0 Å². The SMILES string of the molecule is O=C(O)CCCCCCCCCc1cnc2c(c1)nc(Nc1nc3ccc(OCCCCCCCCCC(F)(F)F)cc3s1)n2S. The van der Waals surface area contributed by atoms with Gasteiger partial charge in [-0.25, -0.2) is 18.9 Å². The summed E-state index contributed by atoms with van der Waals surface area (Å²) in [5.41, 5.74) is 3.44. The number of hydrogen-bond acceptors (Lipinski definition) is 8. The van der Waals surface area contributed by atoms with Crippen LogP contribution in [0.1, 0.15) is 108 Å². The van der Waals surface area contributed by atoms with Crippen LogP contribution >= 0.6 is 24.2 Å². The zero-order chi connectivity index (χ0) is 32.8. The molecule has 0 aliphatic carbocycles. The van der Waals surface area contributed by atoms with E-state index in [4.69, 9.17) is 14.8 Å². The molecule has 0 saturated heterocycles. The number of pyridine rings is 1. The van der Waals surface area contributed by atoms with Crippen molar-refractivity contribution >= 4 is 62.6 Å². The summed E-state index contributed by atoms with van der Waals surface area (Å²) in [5, 5.41) is 12.7. The van der Waals surface area contributed by atoms with Gasteiger partial charge in [0.25, 0.3) is 0 Å². The topological polar surface area (TPSA) is 102 Å². The Hall–Kier alpha value is -3.06. The fraction of sp³-hybridized carbons (Fsp3) is 0.576. The molecule has 0 spiro atoms. The minimum Gasteiger partial charge on any atom is -0.494 e. The number of rotatable bonds is 22. The number of thiazole rings is 1. The van der Waals surface area contributed by atoms with Crippen LogP contribution in [-0.4, -0.2) is 42.8 Å². The molecule has 0 atom stereocenters. The van der Waals surface area contributed by atoms with Crippen molar-refractivity contribution in [2.45, 2.75) is 115 Å². The second kappa shape index (κ2) is 18.3. The fourth-order valence-electron chi connectivity index (χ4n) is 5.35. The second-order valence-corrected chi connectivity index (χ2v) is 13.2. The zero-order valence-corrected chi connectivity index (χ0v) is 27.9. The van der Waals surface area contributed by atoms with Crippen molar-refractivity contribution in [1.29, 1.82) is 0 Å². The van der Waals surface area contributed by atoms with Crippen molar-refractivity contribution in [1.82, 2.24) is 18.9 Å². The molecule has 4 aromatic rings. The molecule has 0 bridgehead atoms. The lowest BCUT2D eigenvalue weighted by atomic mass is 10.0. The molecule has 0 amide bonds. The number of hydrogen-bond donors (Lipinski definition) is 3. The minimum atomic E-state index is -4.04. The van der Waals surface area contributed by atoms with Crippen LogP contribution in [0.3, 0.4) is 0 Å². The molecule has 0 aliphatic heterocycles. The van der Waals surface area contributed by atoms with E-state index >= 15 is 0 Å². The maximum atomic E-state index is 12.2. The standard InChI is InChI=1S/C33H44F3N5O3S2/c34-33(35,36)19-13-9-5-2-6-10-14-20-44-25-17-18-26-28(22-25)46-32(39-26)40-31-38-27-21-24(23-37-30(27)41(31)45)15-11-7-3-1-4-8-12-16-29(42)43/h17-18,21-23,45H,1-16,19-20H2,(H,42,43)(H,38,39,40). The first-order chi connectivity index (χ1) is 22.2. The van der Waals surface area contributed by atoms with E-state index in [0.717, 1.165) is 111 Å². The van der Waals surface area contributed by atoms with Crippen LogP contribution in [0.2, 0.25) is 0 Å². The number of carbonyl (C=O) groups is 1. The van der Waals surface area contributed by atoms with Crippen molar-refractivity contribution < 1.29 is 27.8 Å². The van der Waals surface area contributed by atoms with E-state index in [2.05, 4.69) is 34.2 Å². The summed E-state index contributed by atoms with van der Waals surface area (Å²) < 4.78 is 45.1. The van der Waals surface area contributed by atoms with Crippen LogP contribution in [-0.2, 0) is 11.2 Å². The Morgan fingerprint density at radius 3 is 2.28 bits per heavy atom. The molecule has 0 unspecified atom stereocenters. The predicted octanol–water partition coefficient (Wildman–Crippen LogP) is 10.3.